The van der Waals surface area contributed by atoms with Crippen molar-refractivity contribution in [3.8, 4) is 6.07 Å². The SMILES string of the molecule is CN=C1SC(CC(F)(F)F)=C/C1=C(/C)N1CCC2(CCN(Cc3ccc4c(cc(C#N)n4CCN4CCN(S(C)=O)CC4)c3C)C2)C1. The lowest BCUT2D eigenvalue weighted by Crippen LogP contribution is -2.47. The highest BCUT2D eigenvalue weighted by Gasteiger charge is 2.44. The van der Waals surface area contributed by atoms with Crippen LogP contribution in [0.5, 0.6) is 0 Å². The molecule has 47 heavy (non-hydrogen) atoms. The molecule has 0 bridgehead atoms. The lowest BCUT2D eigenvalue weighted by atomic mass is 9.86. The average Bonchev–Trinajstić information content (AvgIpc) is 3.82. The first-order chi connectivity index (χ1) is 22.4. The van der Waals surface area contributed by atoms with Crippen LogP contribution < -0.4 is 0 Å². The number of likely N-dealkylation sites (tertiary alicyclic amines) is 2. The standard InChI is InChI=1S/C34H44F3N7OS2/c1-24-26(5-6-31-29(24)17-27(20-38)44(31)16-13-40-11-14-43(15-12-40)47(4)45)21-41-9-7-33(22-41)8-10-42(23-33)25(2)30-18-28(19-34(35,36)37)46-32(30)39-3/h5-6,17-18H,7-16,19,21-23H2,1-4H3/b30-25+,39-32?. The van der Waals surface area contributed by atoms with Crippen LogP contribution in [0.4, 0.5) is 13.2 Å². The summed E-state index contributed by atoms with van der Waals surface area (Å²) in [5, 5.41) is 11.8. The van der Waals surface area contributed by atoms with Crippen LogP contribution in [0.1, 0.15) is 43.0 Å². The van der Waals surface area contributed by atoms with Gasteiger partial charge in [0, 0.05) is 111 Å². The second-order valence-electron chi connectivity index (χ2n) is 13.4. The van der Waals surface area contributed by atoms with Crippen LogP contribution >= 0.6 is 11.8 Å². The Labute approximate surface area is 282 Å². The molecule has 4 aliphatic rings. The number of allylic oxidation sites excluding steroid dienone is 3. The van der Waals surface area contributed by atoms with Crippen molar-refractivity contribution in [2.75, 3.05) is 72.2 Å². The smallest absolute Gasteiger partial charge is 0.374 e. The predicted octanol–water partition coefficient (Wildman–Crippen LogP) is 5.52. The third-order valence-electron chi connectivity index (χ3n) is 10.5. The summed E-state index contributed by atoms with van der Waals surface area (Å²) in [6.07, 6.45) is 0.439. The number of aliphatic imine (C=N–C) groups is 1. The maximum absolute atomic E-state index is 13.1. The lowest BCUT2D eigenvalue weighted by Gasteiger charge is -2.33. The van der Waals surface area contributed by atoms with Crippen LogP contribution in [0.3, 0.4) is 0 Å². The third-order valence-corrected chi connectivity index (χ3v) is 12.7. The van der Waals surface area contributed by atoms with Gasteiger partial charge in [0.05, 0.1) is 17.4 Å². The average molecular weight is 688 g/mol. The van der Waals surface area contributed by atoms with Crippen molar-refractivity contribution in [3.63, 3.8) is 0 Å². The van der Waals surface area contributed by atoms with E-state index in [1.807, 2.05) is 17.3 Å². The van der Waals surface area contributed by atoms with Gasteiger partial charge in [0.1, 0.15) is 16.8 Å². The van der Waals surface area contributed by atoms with Gasteiger partial charge in [-0.2, -0.15) is 18.4 Å². The molecule has 2 atom stereocenters. The predicted molar refractivity (Wildman–Crippen MR) is 184 cm³/mol. The number of nitriles is 1. The number of aromatic nitrogens is 1. The number of piperazine rings is 1. The quantitative estimate of drug-likeness (QED) is 0.365. The van der Waals surface area contributed by atoms with Crippen LogP contribution in [0.15, 0.2) is 45.4 Å². The molecule has 1 aromatic carbocycles. The summed E-state index contributed by atoms with van der Waals surface area (Å²) in [5.41, 5.74) is 6.29. The molecule has 0 radical (unpaired) electrons. The molecule has 0 amide bonds. The number of hydrogen-bond acceptors (Lipinski definition) is 7. The molecule has 8 nitrogen and oxygen atoms in total. The first-order valence-corrected chi connectivity index (χ1v) is 18.6. The number of alkyl halides is 3. The number of fused-ring (bicyclic) bond motifs is 1. The summed E-state index contributed by atoms with van der Waals surface area (Å²) in [6, 6.07) is 8.84. The Kier molecular flexibility index (Phi) is 9.99. The normalized spacial score (nSPS) is 25.8. The summed E-state index contributed by atoms with van der Waals surface area (Å²) in [6.45, 7) is 13.8. The highest BCUT2D eigenvalue weighted by atomic mass is 32.2. The molecule has 5 heterocycles. The highest BCUT2D eigenvalue weighted by Crippen LogP contribution is 2.44. The Morgan fingerprint density at radius 2 is 1.83 bits per heavy atom. The minimum absolute atomic E-state index is 0.169. The Hall–Kier alpha value is -2.63. The van der Waals surface area contributed by atoms with Gasteiger partial charge in [-0.25, -0.2) is 8.51 Å². The van der Waals surface area contributed by atoms with E-state index in [2.05, 4.69) is 49.4 Å². The first-order valence-electron chi connectivity index (χ1n) is 16.3. The highest BCUT2D eigenvalue weighted by molar-refractivity contribution is 8.18. The van der Waals surface area contributed by atoms with Crippen molar-refractivity contribution in [2.45, 2.75) is 52.4 Å². The molecule has 1 spiro atoms. The van der Waals surface area contributed by atoms with Gasteiger partial charge in [-0.3, -0.25) is 14.8 Å². The molecule has 13 heteroatoms. The molecular weight excluding hydrogens is 644 g/mol. The van der Waals surface area contributed by atoms with Crippen LogP contribution in [0.2, 0.25) is 0 Å². The fraction of sp³-hybridized carbons (Fsp3) is 0.588. The van der Waals surface area contributed by atoms with Crippen molar-refractivity contribution < 1.29 is 17.4 Å². The fourth-order valence-electron chi connectivity index (χ4n) is 7.75. The van der Waals surface area contributed by atoms with Gasteiger partial charge in [0.25, 0.3) is 0 Å². The molecule has 0 N–H and O–H groups in total. The van der Waals surface area contributed by atoms with Gasteiger partial charge in [-0.05, 0) is 62.6 Å². The number of thioether (sulfide) groups is 1. The zero-order valence-corrected chi connectivity index (χ0v) is 29.3. The van der Waals surface area contributed by atoms with Crippen molar-refractivity contribution in [1.82, 2.24) is 23.6 Å². The largest absolute Gasteiger partial charge is 0.393 e. The van der Waals surface area contributed by atoms with Gasteiger partial charge < -0.3 is 9.47 Å². The van der Waals surface area contributed by atoms with Gasteiger partial charge >= 0.3 is 6.18 Å². The molecule has 1 aromatic heterocycles. The zero-order chi connectivity index (χ0) is 33.5. The van der Waals surface area contributed by atoms with E-state index < -0.39 is 23.6 Å². The molecule has 0 aliphatic carbocycles. The minimum Gasteiger partial charge on any atom is -0.374 e. The molecule has 6 rings (SSSR count). The maximum atomic E-state index is 13.1. The summed E-state index contributed by atoms with van der Waals surface area (Å²) in [7, 11) is 0.722. The Morgan fingerprint density at radius 3 is 2.51 bits per heavy atom. The third kappa shape index (κ3) is 7.37. The van der Waals surface area contributed by atoms with Gasteiger partial charge in [0.2, 0.25) is 0 Å². The monoisotopic (exact) mass is 687 g/mol. The van der Waals surface area contributed by atoms with E-state index in [1.165, 1.54) is 11.1 Å². The number of rotatable bonds is 8. The van der Waals surface area contributed by atoms with Gasteiger partial charge in [-0.15, -0.1) is 0 Å². The Bertz CT molecular complexity index is 1680. The number of hydrogen-bond donors (Lipinski definition) is 0. The second kappa shape index (κ2) is 13.7. The molecule has 3 saturated heterocycles. The number of benzene rings is 1. The molecular formula is C34H44F3N7OS2. The zero-order valence-electron chi connectivity index (χ0n) is 27.7. The summed E-state index contributed by atoms with van der Waals surface area (Å²) >= 11 is 1.14. The first kappa shape index (κ1) is 34.2. The topological polar surface area (TPSA) is 71.1 Å². The molecule has 0 saturated carbocycles. The van der Waals surface area contributed by atoms with E-state index in [0.717, 1.165) is 119 Å². The van der Waals surface area contributed by atoms with Crippen LogP contribution in [-0.2, 0) is 24.1 Å². The summed E-state index contributed by atoms with van der Waals surface area (Å²) in [4.78, 5) is 11.9. The van der Waals surface area contributed by atoms with Crippen LogP contribution in [0.25, 0.3) is 10.9 Å². The molecule has 3 fully saturated rings. The van der Waals surface area contributed by atoms with E-state index in [-0.39, 0.29) is 5.41 Å². The number of aryl methyl sites for hydroxylation is 1. The van der Waals surface area contributed by atoms with E-state index in [4.69, 9.17) is 0 Å². The number of nitrogens with zero attached hydrogens (tertiary/aromatic N) is 7. The van der Waals surface area contributed by atoms with Gasteiger partial charge in [0.15, 0.2) is 0 Å². The minimum atomic E-state index is -4.23. The van der Waals surface area contributed by atoms with E-state index in [0.29, 0.717) is 15.6 Å². The number of halogens is 3. The molecule has 4 aliphatic heterocycles. The summed E-state index contributed by atoms with van der Waals surface area (Å²) < 4.78 is 55.2. The second-order valence-corrected chi connectivity index (χ2v) is 15.9. The Morgan fingerprint density at radius 1 is 1.09 bits per heavy atom. The van der Waals surface area contributed by atoms with E-state index in [9.17, 15) is 22.6 Å². The van der Waals surface area contributed by atoms with Crippen molar-refractivity contribution in [2.24, 2.45) is 10.4 Å². The maximum Gasteiger partial charge on any atom is 0.393 e. The Balaban J connectivity index is 1.10. The molecule has 2 aromatic rings. The van der Waals surface area contributed by atoms with Crippen molar-refractivity contribution in [3.05, 3.63) is 57.3 Å². The van der Waals surface area contributed by atoms with Crippen molar-refractivity contribution >= 4 is 38.7 Å². The van der Waals surface area contributed by atoms with Crippen LogP contribution in [-0.4, -0.2) is 111 Å². The van der Waals surface area contributed by atoms with E-state index in [1.54, 1.807) is 19.4 Å². The lowest BCUT2D eigenvalue weighted by molar-refractivity contribution is -0.125. The van der Waals surface area contributed by atoms with Gasteiger partial charge in [-0.1, -0.05) is 17.8 Å². The summed E-state index contributed by atoms with van der Waals surface area (Å²) in [5.74, 6) is 0. The van der Waals surface area contributed by atoms with Crippen molar-refractivity contribution in [1.29, 1.82) is 5.26 Å². The fourth-order valence-corrected chi connectivity index (χ4v) is 9.49. The van der Waals surface area contributed by atoms with E-state index >= 15 is 0 Å². The van der Waals surface area contributed by atoms with Crippen LogP contribution in [0, 0.1) is 23.7 Å². The molecule has 2 unspecified atom stereocenters. The molecule has 254 valence electrons.